The van der Waals surface area contributed by atoms with Gasteiger partial charge in [0.05, 0.1) is 30.6 Å². The number of rotatable bonds is 7. The monoisotopic (exact) mass is 545 g/mol. The number of nitrogens with two attached hydrogens (primary N) is 1. The average Bonchev–Trinajstić information content (AvgIpc) is 3.23. The molecule has 0 aliphatic carbocycles. The van der Waals surface area contributed by atoms with E-state index >= 15 is 0 Å². The van der Waals surface area contributed by atoms with E-state index in [0.717, 1.165) is 35.4 Å². The predicted octanol–water partition coefficient (Wildman–Crippen LogP) is 5.06. The molecule has 0 spiro atoms. The summed E-state index contributed by atoms with van der Waals surface area (Å²) >= 11 is 1.10. The number of amides is 1. The summed E-state index contributed by atoms with van der Waals surface area (Å²) in [6.45, 7) is 1.93. The molecule has 2 heterocycles. The Balaban J connectivity index is 1.57. The number of aromatic nitrogens is 1. The zero-order chi connectivity index (χ0) is 27.3. The van der Waals surface area contributed by atoms with E-state index in [1.807, 2.05) is 18.2 Å². The number of hydrogen-bond donors (Lipinski definition) is 3. The second-order valence-electron chi connectivity index (χ2n) is 9.03. The second kappa shape index (κ2) is 11.9. The highest BCUT2D eigenvalue weighted by atomic mass is 32.2. The number of ether oxygens (including phenoxy) is 1. The van der Waals surface area contributed by atoms with Crippen LogP contribution in [0.2, 0.25) is 0 Å². The largest absolute Gasteiger partial charge is 0.495 e. The van der Waals surface area contributed by atoms with Gasteiger partial charge in [-0.05, 0) is 67.1 Å². The number of piperidine rings is 1. The zero-order valence-electron chi connectivity index (χ0n) is 21.2. The van der Waals surface area contributed by atoms with Crippen LogP contribution in [0.25, 0.3) is 10.9 Å². The normalized spacial score (nSPS) is 14.2. The molecule has 1 amide bonds. The van der Waals surface area contributed by atoms with Crippen molar-refractivity contribution in [2.75, 3.05) is 37.4 Å². The number of alkyl halides is 3. The van der Waals surface area contributed by atoms with Gasteiger partial charge in [-0.2, -0.15) is 13.2 Å². The summed E-state index contributed by atoms with van der Waals surface area (Å²) < 4.78 is 47.1. The Morgan fingerprint density at radius 2 is 1.95 bits per heavy atom. The molecule has 4 N–H and O–H groups in total. The summed E-state index contributed by atoms with van der Waals surface area (Å²) in [6, 6.07) is 12.6. The van der Waals surface area contributed by atoms with Crippen LogP contribution < -0.4 is 20.5 Å². The first-order valence-corrected chi connectivity index (χ1v) is 13.0. The average molecular weight is 546 g/mol. The minimum absolute atomic E-state index is 0.0532. The van der Waals surface area contributed by atoms with Gasteiger partial charge >= 0.3 is 6.18 Å². The number of likely N-dealkylation sites (tertiary alicyclic amines) is 1. The summed E-state index contributed by atoms with van der Waals surface area (Å²) in [5.41, 5.74) is 2.20. The lowest BCUT2D eigenvalue weighted by Gasteiger charge is -2.32. The van der Waals surface area contributed by atoms with E-state index in [1.165, 1.54) is 4.57 Å². The van der Waals surface area contributed by atoms with Crippen molar-refractivity contribution in [1.29, 1.82) is 0 Å². The Labute approximate surface area is 224 Å². The first-order valence-electron chi connectivity index (χ1n) is 12.2. The van der Waals surface area contributed by atoms with Gasteiger partial charge in [0.1, 0.15) is 12.3 Å². The minimum Gasteiger partial charge on any atom is -0.495 e. The molecule has 2 aromatic carbocycles. The predicted molar refractivity (Wildman–Crippen MR) is 145 cm³/mol. The molecule has 3 aromatic rings. The zero-order valence-corrected chi connectivity index (χ0v) is 22.0. The van der Waals surface area contributed by atoms with Crippen molar-refractivity contribution in [3.63, 3.8) is 0 Å². The SMILES string of the molecule is COc1cc(SN)ccc1NCC#Cc1cc2c(NC3CCN(C(C)=O)CC3)cccc2n1CC(F)(F)F. The molecule has 0 atom stereocenters. The van der Waals surface area contributed by atoms with Crippen LogP contribution in [0.1, 0.15) is 25.5 Å². The molecule has 4 rings (SSSR count). The Bertz CT molecular complexity index is 1350. The third kappa shape index (κ3) is 6.68. The van der Waals surface area contributed by atoms with Crippen LogP contribution in [0.3, 0.4) is 0 Å². The lowest BCUT2D eigenvalue weighted by Crippen LogP contribution is -2.41. The van der Waals surface area contributed by atoms with E-state index < -0.39 is 12.7 Å². The Morgan fingerprint density at radius 3 is 2.61 bits per heavy atom. The molecule has 7 nitrogen and oxygen atoms in total. The van der Waals surface area contributed by atoms with Crippen molar-refractivity contribution in [3.05, 3.63) is 48.2 Å². The maximum atomic E-state index is 13.5. The fourth-order valence-corrected chi connectivity index (χ4v) is 4.91. The van der Waals surface area contributed by atoms with Crippen LogP contribution in [0.5, 0.6) is 5.75 Å². The van der Waals surface area contributed by atoms with Crippen LogP contribution in [-0.4, -0.2) is 54.3 Å². The van der Waals surface area contributed by atoms with Gasteiger partial charge in [0.15, 0.2) is 0 Å². The van der Waals surface area contributed by atoms with Gasteiger partial charge in [-0.3, -0.25) is 9.93 Å². The lowest BCUT2D eigenvalue weighted by molar-refractivity contribution is -0.140. The van der Waals surface area contributed by atoms with Crippen molar-refractivity contribution >= 4 is 40.1 Å². The van der Waals surface area contributed by atoms with E-state index in [9.17, 15) is 18.0 Å². The molecule has 202 valence electrons. The van der Waals surface area contributed by atoms with E-state index in [-0.39, 0.29) is 24.2 Å². The molecule has 38 heavy (non-hydrogen) atoms. The van der Waals surface area contributed by atoms with Gasteiger partial charge in [0.25, 0.3) is 0 Å². The number of anilines is 2. The van der Waals surface area contributed by atoms with Gasteiger partial charge in [-0.15, -0.1) is 0 Å². The third-order valence-corrected chi connectivity index (χ3v) is 7.00. The Morgan fingerprint density at radius 1 is 1.18 bits per heavy atom. The molecule has 0 radical (unpaired) electrons. The first kappa shape index (κ1) is 27.5. The minimum atomic E-state index is -4.40. The van der Waals surface area contributed by atoms with Crippen molar-refractivity contribution in [3.8, 4) is 17.6 Å². The molecule has 1 aromatic heterocycles. The number of benzene rings is 2. The van der Waals surface area contributed by atoms with Gasteiger partial charge in [-0.25, -0.2) is 0 Å². The molecule has 0 bridgehead atoms. The second-order valence-corrected chi connectivity index (χ2v) is 9.74. The van der Waals surface area contributed by atoms with Crippen LogP contribution in [0.15, 0.2) is 47.4 Å². The molecule has 1 aliphatic rings. The smallest absolute Gasteiger partial charge is 0.406 e. The first-order chi connectivity index (χ1) is 18.2. The quantitative estimate of drug-likeness (QED) is 0.284. The number of hydrogen-bond acceptors (Lipinski definition) is 6. The number of nitrogens with one attached hydrogen (secondary N) is 2. The number of carbonyl (C=O) groups excluding carboxylic acids is 1. The topological polar surface area (TPSA) is 84.6 Å². The van der Waals surface area contributed by atoms with Crippen LogP contribution in [-0.2, 0) is 11.3 Å². The molecule has 1 saturated heterocycles. The summed E-state index contributed by atoms with van der Waals surface area (Å²) in [5.74, 6) is 6.51. The lowest BCUT2D eigenvalue weighted by atomic mass is 10.0. The molecular formula is C27H30F3N5O2S. The fraction of sp³-hybridized carbons (Fsp3) is 0.370. The van der Waals surface area contributed by atoms with E-state index in [0.29, 0.717) is 35.4 Å². The van der Waals surface area contributed by atoms with E-state index in [4.69, 9.17) is 9.88 Å². The molecule has 0 unspecified atom stereocenters. The maximum Gasteiger partial charge on any atom is 0.406 e. The highest BCUT2D eigenvalue weighted by Crippen LogP contribution is 2.32. The highest BCUT2D eigenvalue weighted by Gasteiger charge is 2.30. The van der Waals surface area contributed by atoms with Crippen molar-refractivity contribution < 1.29 is 22.7 Å². The van der Waals surface area contributed by atoms with E-state index in [2.05, 4.69) is 22.5 Å². The molecule has 11 heteroatoms. The number of carbonyl (C=O) groups is 1. The highest BCUT2D eigenvalue weighted by molar-refractivity contribution is 7.97. The van der Waals surface area contributed by atoms with Gasteiger partial charge in [-0.1, -0.05) is 12.0 Å². The number of methoxy groups -OCH3 is 1. The number of fused-ring (bicyclic) bond motifs is 1. The summed E-state index contributed by atoms with van der Waals surface area (Å²) in [4.78, 5) is 14.3. The third-order valence-electron chi connectivity index (χ3n) is 6.48. The summed E-state index contributed by atoms with van der Waals surface area (Å²) in [6.07, 6.45) is -2.86. The summed E-state index contributed by atoms with van der Waals surface area (Å²) in [7, 11) is 1.55. The van der Waals surface area contributed by atoms with Crippen LogP contribution in [0, 0.1) is 11.8 Å². The van der Waals surface area contributed by atoms with Gasteiger partial charge < -0.3 is 24.8 Å². The fourth-order valence-electron chi connectivity index (χ4n) is 4.59. The van der Waals surface area contributed by atoms with Crippen molar-refractivity contribution in [2.45, 2.75) is 43.4 Å². The van der Waals surface area contributed by atoms with Crippen LogP contribution >= 0.6 is 11.9 Å². The van der Waals surface area contributed by atoms with Crippen molar-refractivity contribution in [1.82, 2.24) is 9.47 Å². The Hall–Kier alpha value is -3.49. The molecule has 1 aliphatic heterocycles. The molecule has 1 fully saturated rings. The van der Waals surface area contributed by atoms with Crippen LogP contribution in [0.4, 0.5) is 24.5 Å². The van der Waals surface area contributed by atoms with Gasteiger partial charge in [0, 0.05) is 42.0 Å². The molecule has 0 saturated carbocycles. The molecular weight excluding hydrogens is 515 g/mol. The number of nitrogens with zero attached hydrogens (tertiary/aromatic N) is 2. The number of halogens is 3. The van der Waals surface area contributed by atoms with Gasteiger partial charge in [0.2, 0.25) is 5.91 Å². The van der Waals surface area contributed by atoms with Crippen molar-refractivity contribution in [2.24, 2.45) is 5.14 Å². The Kier molecular flexibility index (Phi) is 8.64. The summed E-state index contributed by atoms with van der Waals surface area (Å²) in [5, 5.41) is 12.9. The standard InChI is InChI=1S/C27H30F3N5O2S/c1-18(36)34-13-10-19(11-14-34)33-23-6-3-7-25-22(23)15-20(35(25)17-27(28,29)30)5-4-12-32-24-9-8-21(38-31)16-26(24)37-2/h3,6-9,15-16,19,32-33H,10-14,17,31H2,1-2H3. The maximum absolute atomic E-state index is 13.5. The van der Waals surface area contributed by atoms with E-state index in [1.54, 1.807) is 43.2 Å².